The van der Waals surface area contributed by atoms with E-state index in [1.165, 1.54) is 6.92 Å². The molecule has 1 aliphatic heterocycles. The number of Topliss-reactive ketones (excluding diaryl/α,β-unsaturated/α-hetero) is 2. The highest BCUT2D eigenvalue weighted by Crippen LogP contribution is 2.27. The van der Waals surface area contributed by atoms with Crippen molar-refractivity contribution < 1.29 is 19.1 Å². The largest absolute Gasteiger partial charge is 0.465 e. The SMILES string of the molecule is CC(=O)[C@@H]1C(=O)OC[C@H]1CC(=O)c1ccccc1. The van der Waals surface area contributed by atoms with Crippen molar-refractivity contribution in [2.24, 2.45) is 11.8 Å². The number of esters is 1. The molecule has 2 atom stereocenters. The zero-order chi connectivity index (χ0) is 13.1. The second-order valence-corrected chi connectivity index (χ2v) is 4.47. The molecule has 0 saturated carbocycles. The summed E-state index contributed by atoms with van der Waals surface area (Å²) in [6.45, 7) is 1.51. The summed E-state index contributed by atoms with van der Waals surface area (Å²) in [6.07, 6.45) is 0.167. The second-order valence-electron chi connectivity index (χ2n) is 4.47. The zero-order valence-corrected chi connectivity index (χ0v) is 10.1. The summed E-state index contributed by atoms with van der Waals surface area (Å²) in [5.74, 6) is -1.91. The average molecular weight is 246 g/mol. The van der Waals surface area contributed by atoms with E-state index in [1.807, 2.05) is 6.07 Å². The van der Waals surface area contributed by atoms with Crippen LogP contribution in [0.5, 0.6) is 0 Å². The third kappa shape index (κ3) is 2.47. The van der Waals surface area contributed by atoms with Gasteiger partial charge in [0.1, 0.15) is 11.7 Å². The highest BCUT2D eigenvalue weighted by atomic mass is 16.5. The normalized spacial score (nSPS) is 22.6. The van der Waals surface area contributed by atoms with Gasteiger partial charge in [-0.25, -0.2) is 0 Å². The lowest BCUT2D eigenvalue weighted by Crippen LogP contribution is -2.25. The van der Waals surface area contributed by atoms with Crippen LogP contribution in [0.2, 0.25) is 0 Å². The Bertz CT molecular complexity index is 478. The van der Waals surface area contributed by atoms with E-state index in [0.29, 0.717) is 5.56 Å². The lowest BCUT2D eigenvalue weighted by atomic mass is 9.87. The molecule has 1 aromatic carbocycles. The van der Waals surface area contributed by atoms with Crippen LogP contribution in [0.25, 0.3) is 0 Å². The van der Waals surface area contributed by atoms with Crippen molar-refractivity contribution in [3.05, 3.63) is 35.9 Å². The molecule has 1 aliphatic rings. The third-order valence-electron chi connectivity index (χ3n) is 3.15. The van der Waals surface area contributed by atoms with E-state index >= 15 is 0 Å². The Morgan fingerprint density at radius 1 is 1.28 bits per heavy atom. The topological polar surface area (TPSA) is 60.4 Å². The smallest absolute Gasteiger partial charge is 0.316 e. The average Bonchev–Trinajstić information content (AvgIpc) is 2.71. The van der Waals surface area contributed by atoms with Gasteiger partial charge in [-0.2, -0.15) is 0 Å². The number of carbonyl (C=O) groups excluding carboxylic acids is 3. The zero-order valence-electron chi connectivity index (χ0n) is 10.1. The van der Waals surface area contributed by atoms with Gasteiger partial charge in [0.15, 0.2) is 5.78 Å². The molecule has 4 nitrogen and oxygen atoms in total. The van der Waals surface area contributed by atoms with Crippen molar-refractivity contribution in [1.29, 1.82) is 0 Å². The molecule has 0 radical (unpaired) electrons. The van der Waals surface area contributed by atoms with Gasteiger partial charge in [-0.15, -0.1) is 0 Å². The van der Waals surface area contributed by atoms with E-state index in [-0.39, 0.29) is 30.5 Å². The molecule has 1 fully saturated rings. The molecule has 0 bridgehead atoms. The van der Waals surface area contributed by atoms with Gasteiger partial charge < -0.3 is 4.74 Å². The number of rotatable bonds is 4. The lowest BCUT2D eigenvalue weighted by Gasteiger charge is -2.11. The van der Waals surface area contributed by atoms with Crippen LogP contribution in [-0.4, -0.2) is 24.1 Å². The van der Waals surface area contributed by atoms with Crippen LogP contribution in [-0.2, 0) is 14.3 Å². The minimum Gasteiger partial charge on any atom is -0.465 e. The van der Waals surface area contributed by atoms with Crippen LogP contribution in [0.1, 0.15) is 23.7 Å². The number of cyclic esters (lactones) is 1. The predicted molar refractivity (Wildman–Crippen MR) is 64.0 cm³/mol. The van der Waals surface area contributed by atoms with Gasteiger partial charge in [0.2, 0.25) is 0 Å². The molecule has 0 amide bonds. The number of benzene rings is 1. The number of hydrogen-bond donors (Lipinski definition) is 0. The van der Waals surface area contributed by atoms with Crippen molar-refractivity contribution >= 4 is 17.5 Å². The summed E-state index contributed by atoms with van der Waals surface area (Å²) in [7, 11) is 0. The molecule has 2 rings (SSSR count). The highest BCUT2D eigenvalue weighted by Gasteiger charge is 2.41. The Hall–Kier alpha value is -1.97. The first-order chi connectivity index (χ1) is 8.59. The molecule has 1 aromatic rings. The molecule has 0 N–H and O–H groups in total. The summed E-state index contributed by atoms with van der Waals surface area (Å²) in [4.78, 5) is 34.8. The Kier molecular flexibility index (Phi) is 3.55. The molecule has 0 aliphatic carbocycles. The molecule has 18 heavy (non-hydrogen) atoms. The fourth-order valence-electron chi connectivity index (χ4n) is 2.22. The second kappa shape index (κ2) is 5.12. The van der Waals surface area contributed by atoms with E-state index in [0.717, 1.165) is 0 Å². The van der Waals surface area contributed by atoms with Gasteiger partial charge in [-0.1, -0.05) is 30.3 Å². The van der Waals surface area contributed by atoms with Crippen molar-refractivity contribution in [3.8, 4) is 0 Å². The molecule has 4 heteroatoms. The Morgan fingerprint density at radius 2 is 1.94 bits per heavy atom. The molecular formula is C14H14O4. The summed E-state index contributed by atoms with van der Waals surface area (Å²) < 4.78 is 4.86. The first kappa shape index (κ1) is 12.5. The van der Waals surface area contributed by atoms with E-state index < -0.39 is 11.9 Å². The fraction of sp³-hybridized carbons (Fsp3) is 0.357. The van der Waals surface area contributed by atoms with Gasteiger partial charge in [0, 0.05) is 17.9 Å². The van der Waals surface area contributed by atoms with Crippen molar-refractivity contribution in [1.82, 2.24) is 0 Å². The van der Waals surface area contributed by atoms with Crippen molar-refractivity contribution in [2.75, 3.05) is 6.61 Å². The molecule has 94 valence electrons. The Balaban J connectivity index is 2.08. The van der Waals surface area contributed by atoms with Crippen molar-refractivity contribution in [3.63, 3.8) is 0 Å². The fourth-order valence-corrected chi connectivity index (χ4v) is 2.22. The number of carbonyl (C=O) groups is 3. The quantitative estimate of drug-likeness (QED) is 0.460. The van der Waals surface area contributed by atoms with Crippen LogP contribution in [0.15, 0.2) is 30.3 Å². The predicted octanol–water partition coefficient (Wildman–Crippen LogP) is 1.64. The first-order valence-electron chi connectivity index (χ1n) is 5.85. The van der Waals surface area contributed by atoms with Gasteiger partial charge in [0.05, 0.1) is 6.61 Å². The van der Waals surface area contributed by atoms with Gasteiger partial charge in [-0.05, 0) is 6.92 Å². The summed E-state index contributed by atoms with van der Waals surface area (Å²) in [6, 6.07) is 8.85. The van der Waals surface area contributed by atoms with Crippen LogP contribution >= 0.6 is 0 Å². The molecule has 1 saturated heterocycles. The maximum atomic E-state index is 12.0. The minimum absolute atomic E-state index is 0.0647. The minimum atomic E-state index is -0.780. The Morgan fingerprint density at radius 3 is 2.56 bits per heavy atom. The van der Waals surface area contributed by atoms with Crippen LogP contribution in [0.4, 0.5) is 0 Å². The maximum Gasteiger partial charge on any atom is 0.316 e. The number of hydrogen-bond acceptors (Lipinski definition) is 4. The van der Waals surface area contributed by atoms with Gasteiger partial charge >= 0.3 is 5.97 Å². The van der Waals surface area contributed by atoms with Gasteiger partial charge in [0.25, 0.3) is 0 Å². The molecule has 0 aromatic heterocycles. The summed E-state index contributed by atoms with van der Waals surface area (Å²) >= 11 is 0. The van der Waals surface area contributed by atoms with Crippen LogP contribution < -0.4 is 0 Å². The van der Waals surface area contributed by atoms with E-state index in [2.05, 4.69) is 0 Å². The lowest BCUT2D eigenvalue weighted by molar-refractivity contribution is -0.144. The monoisotopic (exact) mass is 246 g/mol. The van der Waals surface area contributed by atoms with Gasteiger partial charge in [-0.3, -0.25) is 14.4 Å². The first-order valence-corrected chi connectivity index (χ1v) is 5.85. The summed E-state index contributed by atoms with van der Waals surface area (Å²) in [5, 5.41) is 0. The van der Waals surface area contributed by atoms with E-state index in [1.54, 1.807) is 24.3 Å². The maximum absolute atomic E-state index is 12.0. The third-order valence-corrected chi connectivity index (χ3v) is 3.15. The summed E-state index contributed by atoms with van der Waals surface area (Å²) in [5.41, 5.74) is 0.596. The number of ether oxygens (including phenoxy) is 1. The number of ketones is 2. The highest BCUT2D eigenvalue weighted by molar-refractivity contribution is 6.01. The van der Waals surface area contributed by atoms with E-state index in [9.17, 15) is 14.4 Å². The molecule has 0 spiro atoms. The van der Waals surface area contributed by atoms with Crippen LogP contribution in [0, 0.1) is 11.8 Å². The molecule has 1 heterocycles. The molecule has 0 unspecified atom stereocenters. The van der Waals surface area contributed by atoms with Crippen molar-refractivity contribution in [2.45, 2.75) is 13.3 Å². The van der Waals surface area contributed by atoms with Crippen LogP contribution in [0.3, 0.4) is 0 Å². The standard InChI is InChI=1S/C14H14O4/c1-9(15)13-11(8-18-14(13)17)7-12(16)10-5-3-2-4-6-10/h2-6,11,13H,7-8H2,1H3/t11-,13+/m1/s1. The van der Waals surface area contributed by atoms with E-state index in [4.69, 9.17) is 4.74 Å². The Labute approximate surface area is 105 Å². The molecular weight excluding hydrogens is 232 g/mol.